The van der Waals surface area contributed by atoms with Crippen LogP contribution < -0.4 is 14.8 Å². The van der Waals surface area contributed by atoms with Crippen LogP contribution in [0.25, 0.3) is 21.8 Å². The number of nitrogens with one attached hydrogen (secondary N) is 1. The molecule has 1 saturated heterocycles. The Morgan fingerprint density at radius 2 is 1.82 bits per heavy atom. The van der Waals surface area contributed by atoms with Crippen molar-refractivity contribution < 1.29 is 14.3 Å². The molecule has 0 atom stereocenters. The number of aromatic nitrogens is 2. The molecule has 1 fully saturated rings. The smallest absolute Gasteiger partial charge is 0.253 e. The van der Waals surface area contributed by atoms with Crippen LogP contribution in [-0.4, -0.2) is 53.6 Å². The van der Waals surface area contributed by atoms with Crippen LogP contribution in [0.2, 0.25) is 0 Å². The molecule has 2 aromatic heterocycles. The first kappa shape index (κ1) is 22.2. The molecule has 0 aliphatic carbocycles. The van der Waals surface area contributed by atoms with E-state index in [9.17, 15) is 4.79 Å². The Labute approximate surface area is 199 Å². The van der Waals surface area contributed by atoms with Crippen molar-refractivity contribution in [2.75, 3.05) is 33.3 Å². The third-order valence-electron chi connectivity index (χ3n) is 6.70. The van der Waals surface area contributed by atoms with Gasteiger partial charge < -0.3 is 19.4 Å². The number of hydrogen-bond donors (Lipinski definition) is 1. The van der Waals surface area contributed by atoms with Gasteiger partial charge in [-0.3, -0.25) is 14.7 Å². The predicted molar refractivity (Wildman–Crippen MR) is 134 cm³/mol. The van der Waals surface area contributed by atoms with Crippen LogP contribution in [0.15, 0.2) is 48.7 Å². The summed E-state index contributed by atoms with van der Waals surface area (Å²) in [4.78, 5) is 19.3. The van der Waals surface area contributed by atoms with Gasteiger partial charge in [0.05, 0.1) is 16.6 Å². The molecule has 0 unspecified atom stereocenters. The largest absolute Gasteiger partial charge is 0.492 e. The highest BCUT2D eigenvalue weighted by atomic mass is 16.5. The lowest BCUT2D eigenvalue weighted by molar-refractivity contribution is 0.0964. The second-order valence-corrected chi connectivity index (χ2v) is 8.76. The van der Waals surface area contributed by atoms with Gasteiger partial charge in [-0.2, -0.15) is 0 Å². The van der Waals surface area contributed by atoms with E-state index in [-0.39, 0.29) is 5.91 Å². The molecule has 3 heterocycles. The molecule has 1 aliphatic heterocycles. The van der Waals surface area contributed by atoms with E-state index < -0.39 is 0 Å². The summed E-state index contributed by atoms with van der Waals surface area (Å²) in [6, 6.07) is 13.6. The van der Waals surface area contributed by atoms with Crippen molar-refractivity contribution in [3.63, 3.8) is 0 Å². The zero-order valence-corrected chi connectivity index (χ0v) is 19.9. The summed E-state index contributed by atoms with van der Waals surface area (Å²) in [6.45, 7) is 5.93. The maximum absolute atomic E-state index is 12.4. The summed E-state index contributed by atoms with van der Waals surface area (Å²) in [5.41, 5.74) is 3.38. The molecule has 4 aromatic rings. The van der Waals surface area contributed by atoms with Gasteiger partial charge in [-0.15, -0.1) is 0 Å². The summed E-state index contributed by atoms with van der Waals surface area (Å²) in [6.07, 6.45) is 4.32. The molecule has 7 nitrogen and oxygen atoms in total. The van der Waals surface area contributed by atoms with Gasteiger partial charge in [0.25, 0.3) is 5.91 Å². The van der Waals surface area contributed by atoms with Gasteiger partial charge in [0.2, 0.25) is 0 Å². The molecule has 5 rings (SSSR count). The van der Waals surface area contributed by atoms with E-state index in [1.165, 1.54) is 25.9 Å². The van der Waals surface area contributed by atoms with Gasteiger partial charge in [0.15, 0.2) is 0 Å². The summed E-state index contributed by atoms with van der Waals surface area (Å²) in [7, 11) is 3.61. The van der Waals surface area contributed by atoms with Crippen LogP contribution in [-0.2, 0) is 7.05 Å². The SMILES string of the molecule is CNC(=O)c1c(C)n(C)c2cc(Oc3ccnc4cc(OCCN5CCCC5)ccc34)ccc12. The van der Waals surface area contributed by atoms with E-state index >= 15 is 0 Å². The van der Waals surface area contributed by atoms with Crippen LogP contribution in [0, 0.1) is 6.92 Å². The van der Waals surface area contributed by atoms with Crippen molar-refractivity contribution in [3.8, 4) is 17.2 Å². The Kier molecular flexibility index (Phi) is 6.11. The highest BCUT2D eigenvalue weighted by molar-refractivity contribution is 6.08. The van der Waals surface area contributed by atoms with Crippen molar-refractivity contribution in [2.45, 2.75) is 19.8 Å². The standard InChI is InChI=1S/C27H30N4O3/c1-18-26(27(32)28-2)22-9-7-20(17-24(22)30(18)3)34-25-10-11-29-23-16-19(6-8-21(23)25)33-15-14-31-12-4-5-13-31/h6-11,16-17H,4-5,12-15H2,1-3H3,(H,28,32). The Balaban J connectivity index is 1.37. The van der Waals surface area contributed by atoms with Crippen LogP contribution in [0.4, 0.5) is 0 Å². The third-order valence-corrected chi connectivity index (χ3v) is 6.70. The normalized spacial score (nSPS) is 14.1. The molecular weight excluding hydrogens is 428 g/mol. The fraction of sp³-hybridized carbons (Fsp3) is 0.333. The van der Waals surface area contributed by atoms with Gasteiger partial charge in [-0.1, -0.05) is 0 Å². The molecule has 0 spiro atoms. The van der Waals surface area contributed by atoms with E-state index in [1.54, 1.807) is 13.2 Å². The van der Waals surface area contributed by atoms with Gasteiger partial charge in [-0.25, -0.2) is 0 Å². The van der Waals surface area contributed by atoms with Gasteiger partial charge >= 0.3 is 0 Å². The molecule has 2 aromatic carbocycles. The zero-order valence-electron chi connectivity index (χ0n) is 19.9. The Bertz CT molecular complexity index is 1360. The monoisotopic (exact) mass is 458 g/mol. The second kappa shape index (κ2) is 9.35. The minimum absolute atomic E-state index is 0.0876. The number of aryl methyl sites for hydroxylation is 1. The maximum atomic E-state index is 12.4. The number of ether oxygens (including phenoxy) is 2. The average molecular weight is 459 g/mol. The molecule has 34 heavy (non-hydrogen) atoms. The highest BCUT2D eigenvalue weighted by Crippen LogP contribution is 2.34. The second-order valence-electron chi connectivity index (χ2n) is 8.76. The van der Waals surface area contributed by atoms with E-state index in [1.807, 2.05) is 61.0 Å². The molecule has 176 valence electrons. The number of carbonyl (C=O) groups is 1. The fourth-order valence-electron chi connectivity index (χ4n) is 4.72. The van der Waals surface area contributed by atoms with Crippen LogP contribution in [0.3, 0.4) is 0 Å². The fourth-order valence-corrected chi connectivity index (χ4v) is 4.72. The first-order valence-corrected chi connectivity index (χ1v) is 11.8. The maximum Gasteiger partial charge on any atom is 0.253 e. The molecule has 7 heteroatoms. The van der Waals surface area contributed by atoms with E-state index in [2.05, 4.69) is 15.2 Å². The van der Waals surface area contributed by atoms with Crippen LogP contribution in [0.1, 0.15) is 28.9 Å². The van der Waals surface area contributed by atoms with Crippen molar-refractivity contribution in [2.24, 2.45) is 7.05 Å². The highest BCUT2D eigenvalue weighted by Gasteiger charge is 2.18. The zero-order chi connectivity index (χ0) is 23.7. The third kappa shape index (κ3) is 4.19. The first-order chi connectivity index (χ1) is 16.5. The number of rotatable bonds is 7. The molecule has 0 bridgehead atoms. The molecular formula is C27H30N4O3. The number of benzene rings is 2. The van der Waals surface area contributed by atoms with Crippen molar-refractivity contribution in [3.05, 3.63) is 59.9 Å². The van der Waals surface area contributed by atoms with E-state index in [0.29, 0.717) is 17.9 Å². The topological polar surface area (TPSA) is 68.6 Å². The molecule has 1 aliphatic rings. The van der Waals surface area contributed by atoms with Crippen LogP contribution >= 0.6 is 0 Å². The van der Waals surface area contributed by atoms with Crippen molar-refractivity contribution in [1.29, 1.82) is 0 Å². The number of nitrogens with zero attached hydrogens (tertiary/aromatic N) is 3. The summed E-state index contributed by atoms with van der Waals surface area (Å²) >= 11 is 0. The Morgan fingerprint density at radius 1 is 1.06 bits per heavy atom. The van der Waals surface area contributed by atoms with Gasteiger partial charge in [0.1, 0.15) is 23.9 Å². The number of hydrogen-bond acceptors (Lipinski definition) is 5. The average Bonchev–Trinajstić information content (AvgIpc) is 3.45. The minimum Gasteiger partial charge on any atom is -0.492 e. The Hall–Kier alpha value is -3.58. The van der Waals surface area contributed by atoms with Crippen LogP contribution in [0.5, 0.6) is 17.2 Å². The van der Waals surface area contributed by atoms with Crippen molar-refractivity contribution in [1.82, 2.24) is 19.8 Å². The lowest BCUT2D eigenvalue weighted by Gasteiger charge is -2.15. The molecule has 0 radical (unpaired) electrons. The summed E-state index contributed by atoms with van der Waals surface area (Å²) in [5.74, 6) is 2.16. The summed E-state index contributed by atoms with van der Waals surface area (Å²) in [5, 5.41) is 4.55. The number of likely N-dealkylation sites (tertiary alicyclic amines) is 1. The van der Waals surface area contributed by atoms with Gasteiger partial charge in [0, 0.05) is 55.4 Å². The Morgan fingerprint density at radius 3 is 2.62 bits per heavy atom. The van der Waals surface area contributed by atoms with Gasteiger partial charge in [-0.05, 0) is 63.2 Å². The van der Waals surface area contributed by atoms with E-state index in [4.69, 9.17) is 9.47 Å². The number of amides is 1. The lowest BCUT2D eigenvalue weighted by Crippen LogP contribution is -2.25. The summed E-state index contributed by atoms with van der Waals surface area (Å²) < 4.78 is 14.3. The lowest BCUT2D eigenvalue weighted by atomic mass is 10.1. The minimum atomic E-state index is -0.0876. The van der Waals surface area contributed by atoms with E-state index in [0.717, 1.165) is 45.5 Å². The predicted octanol–water partition coefficient (Wildman–Crippen LogP) is 4.66. The number of pyridine rings is 1. The number of fused-ring (bicyclic) bond motifs is 2. The molecule has 1 amide bonds. The quantitative estimate of drug-likeness (QED) is 0.436. The first-order valence-electron chi connectivity index (χ1n) is 11.8. The molecule has 1 N–H and O–H groups in total. The molecule has 0 saturated carbocycles. The number of carbonyl (C=O) groups excluding carboxylic acids is 1. The van der Waals surface area contributed by atoms with Crippen molar-refractivity contribution >= 4 is 27.7 Å².